The van der Waals surface area contributed by atoms with Crippen LogP contribution in [0.2, 0.25) is 0 Å². The zero-order valence-corrected chi connectivity index (χ0v) is 11.9. The van der Waals surface area contributed by atoms with Crippen LogP contribution in [0, 0.1) is 0 Å². The van der Waals surface area contributed by atoms with E-state index in [1.165, 1.54) is 0 Å². The molecule has 0 spiro atoms. The molecule has 1 aliphatic rings. The van der Waals surface area contributed by atoms with Crippen LogP contribution in [0.15, 0.2) is 0 Å². The zero-order chi connectivity index (χ0) is 14.5. The minimum atomic E-state index is -0.797. The fourth-order valence-electron chi connectivity index (χ4n) is 2.16. The number of hydrogen-bond donors (Lipinski definition) is 3. The van der Waals surface area contributed by atoms with Crippen LogP contribution in [0.1, 0.15) is 46.5 Å². The molecule has 110 valence electrons. The van der Waals surface area contributed by atoms with Gasteiger partial charge in [-0.15, -0.1) is 0 Å². The molecule has 0 saturated heterocycles. The molecule has 6 heteroatoms. The molecule has 2 atom stereocenters. The van der Waals surface area contributed by atoms with Gasteiger partial charge in [-0.2, -0.15) is 0 Å². The lowest BCUT2D eigenvalue weighted by molar-refractivity contribution is -0.136. The summed E-state index contributed by atoms with van der Waals surface area (Å²) in [6, 6.07) is 0.386. The summed E-state index contributed by atoms with van der Waals surface area (Å²) in [6.45, 7) is 5.96. The Morgan fingerprint density at radius 1 is 1.26 bits per heavy atom. The third kappa shape index (κ3) is 7.00. The second kappa shape index (κ2) is 6.75. The summed E-state index contributed by atoms with van der Waals surface area (Å²) in [5.74, 6) is -0.797. The maximum absolute atomic E-state index is 11.6. The lowest BCUT2D eigenvalue weighted by Gasteiger charge is -2.21. The molecule has 0 aromatic carbocycles. The van der Waals surface area contributed by atoms with E-state index in [1.807, 2.05) is 20.8 Å². The van der Waals surface area contributed by atoms with Crippen molar-refractivity contribution < 1.29 is 19.4 Å². The summed E-state index contributed by atoms with van der Waals surface area (Å²) in [6.07, 6.45) is 2.40. The van der Waals surface area contributed by atoms with E-state index in [4.69, 9.17) is 9.84 Å². The Morgan fingerprint density at radius 2 is 1.89 bits per heavy atom. The molecule has 0 bridgehead atoms. The first-order valence-corrected chi connectivity index (χ1v) is 6.71. The molecule has 1 rings (SSSR count). The Balaban J connectivity index is 2.21. The molecule has 0 aliphatic heterocycles. The van der Waals surface area contributed by atoms with E-state index in [-0.39, 0.29) is 24.6 Å². The number of ether oxygens (including phenoxy) is 1. The van der Waals surface area contributed by atoms with Crippen molar-refractivity contribution in [1.29, 1.82) is 0 Å². The van der Waals surface area contributed by atoms with Gasteiger partial charge in [0, 0.05) is 18.6 Å². The molecule has 1 aliphatic carbocycles. The van der Waals surface area contributed by atoms with Crippen LogP contribution in [0.5, 0.6) is 0 Å². The minimum Gasteiger partial charge on any atom is -0.481 e. The maximum atomic E-state index is 11.6. The molecule has 0 radical (unpaired) electrons. The monoisotopic (exact) mass is 272 g/mol. The highest BCUT2D eigenvalue weighted by Gasteiger charge is 2.27. The molecule has 2 unspecified atom stereocenters. The number of amides is 1. The Morgan fingerprint density at radius 3 is 2.47 bits per heavy atom. The van der Waals surface area contributed by atoms with Crippen molar-refractivity contribution in [3.05, 3.63) is 0 Å². The fraction of sp³-hybridized carbons (Fsp3) is 0.846. The van der Waals surface area contributed by atoms with Crippen LogP contribution < -0.4 is 10.6 Å². The highest BCUT2D eigenvalue weighted by Crippen LogP contribution is 2.19. The normalized spacial score (nSPS) is 23.1. The molecule has 0 aromatic heterocycles. The smallest absolute Gasteiger partial charge is 0.407 e. The summed E-state index contributed by atoms with van der Waals surface area (Å²) in [4.78, 5) is 22.0. The molecule has 0 aromatic rings. The van der Waals surface area contributed by atoms with Crippen LogP contribution in [-0.4, -0.2) is 41.4 Å². The van der Waals surface area contributed by atoms with Gasteiger partial charge in [-0.1, -0.05) is 0 Å². The van der Waals surface area contributed by atoms with Gasteiger partial charge in [0.15, 0.2) is 0 Å². The first-order chi connectivity index (χ1) is 8.76. The maximum Gasteiger partial charge on any atom is 0.407 e. The topological polar surface area (TPSA) is 87.7 Å². The van der Waals surface area contributed by atoms with E-state index in [1.54, 1.807) is 0 Å². The van der Waals surface area contributed by atoms with Gasteiger partial charge in [-0.25, -0.2) is 4.79 Å². The van der Waals surface area contributed by atoms with Gasteiger partial charge in [-0.3, -0.25) is 4.79 Å². The van der Waals surface area contributed by atoms with Gasteiger partial charge >= 0.3 is 12.1 Å². The Hall–Kier alpha value is -1.30. The summed E-state index contributed by atoms with van der Waals surface area (Å²) in [5, 5.41) is 14.6. The first kappa shape index (κ1) is 15.8. The predicted molar refractivity (Wildman–Crippen MR) is 71.1 cm³/mol. The van der Waals surface area contributed by atoms with Crippen LogP contribution in [-0.2, 0) is 9.53 Å². The van der Waals surface area contributed by atoms with E-state index in [0.717, 1.165) is 19.3 Å². The molecule has 19 heavy (non-hydrogen) atoms. The largest absolute Gasteiger partial charge is 0.481 e. The predicted octanol–water partition coefficient (Wildman–Crippen LogP) is 1.50. The number of hydrogen-bond acceptors (Lipinski definition) is 4. The number of carboxylic acid groups (broad SMARTS) is 1. The number of carbonyl (C=O) groups excluding carboxylic acids is 1. The van der Waals surface area contributed by atoms with Crippen molar-refractivity contribution in [2.75, 3.05) is 6.54 Å². The Labute approximate surface area is 113 Å². The van der Waals surface area contributed by atoms with Crippen molar-refractivity contribution in [2.45, 2.75) is 64.1 Å². The van der Waals surface area contributed by atoms with E-state index < -0.39 is 11.6 Å². The number of carboxylic acids is 1. The van der Waals surface area contributed by atoms with Gasteiger partial charge in [0.05, 0.1) is 6.42 Å². The molecule has 1 saturated carbocycles. The van der Waals surface area contributed by atoms with Crippen LogP contribution in [0.3, 0.4) is 0 Å². The van der Waals surface area contributed by atoms with Crippen LogP contribution >= 0.6 is 0 Å². The van der Waals surface area contributed by atoms with E-state index >= 15 is 0 Å². The number of alkyl carbamates (subject to hydrolysis) is 1. The molecular formula is C13H24N2O4. The molecule has 1 fully saturated rings. The van der Waals surface area contributed by atoms with Crippen LogP contribution in [0.4, 0.5) is 4.79 Å². The number of rotatable bonds is 5. The number of aliphatic carboxylic acids is 1. The standard InChI is InChI=1S/C13H24N2O4/c1-13(2,3)19-12(18)15-10-5-4-9(8-10)14-7-6-11(16)17/h9-10,14H,4-8H2,1-3H3,(H,15,18)(H,16,17). The SMILES string of the molecule is CC(C)(C)OC(=O)NC1CCC(NCCC(=O)O)C1. The zero-order valence-electron chi connectivity index (χ0n) is 11.9. The second-order valence-electron chi connectivity index (χ2n) is 5.95. The van der Waals surface area contributed by atoms with E-state index in [2.05, 4.69) is 10.6 Å². The molecule has 6 nitrogen and oxygen atoms in total. The highest BCUT2D eigenvalue weighted by atomic mass is 16.6. The average Bonchev–Trinajstić information content (AvgIpc) is 2.61. The number of nitrogens with one attached hydrogen (secondary N) is 2. The number of carbonyl (C=O) groups is 2. The lowest BCUT2D eigenvalue weighted by atomic mass is 10.2. The summed E-state index contributed by atoms with van der Waals surface area (Å²) >= 11 is 0. The van der Waals surface area contributed by atoms with Crippen molar-refractivity contribution in [2.24, 2.45) is 0 Å². The van der Waals surface area contributed by atoms with Crippen molar-refractivity contribution >= 4 is 12.1 Å². The van der Waals surface area contributed by atoms with Crippen molar-refractivity contribution in [3.8, 4) is 0 Å². The quantitative estimate of drug-likeness (QED) is 0.706. The molecule has 1 amide bonds. The fourth-order valence-corrected chi connectivity index (χ4v) is 2.16. The van der Waals surface area contributed by atoms with Crippen LogP contribution in [0.25, 0.3) is 0 Å². The Bertz CT molecular complexity index is 325. The second-order valence-corrected chi connectivity index (χ2v) is 5.95. The van der Waals surface area contributed by atoms with Gasteiger partial charge in [0.1, 0.15) is 5.60 Å². The third-order valence-corrected chi connectivity index (χ3v) is 2.93. The van der Waals surface area contributed by atoms with Gasteiger partial charge in [0.2, 0.25) is 0 Å². The van der Waals surface area contributed by atoms with Crippen molar-refractivity contribution in [1.82, 2.24) is 10.6 Å². The van der Waals surface area contributed by atoms with E-state index in [9.17, 15) is 9.59 Å². The summed E-state index contributed by atoms with van der Waals surface area (Å²) < 4.78 is 5.20. The van der Waals surface area contributed by atoms with Gasteiger partial charge in [0.25, 0.3) is 0 Å². The van der Waals surface area contributed by atoms with Crippen molar-refractivity contribution in [3.63, 3.8) is 0 Å². The van der Waals surface area contributed by atoms with E-state index in [0.29, 0.717) is 6.54 Å². The minimum absolute atomic E-state index is 0.108. The van der Waals surface area contributed by atoms with Gasteiger partial charge < -0.3 is 20.5 Å². The Kier molecular flexibility index (Phi) is 5.60. The average molecular weight is 272 g/mol. The third-order valence-electron chi connectivity index (χ3n) is 2.93. The van der Waals surface area contributed by atoms with Gasteiger partial charge in [-0.05, 0) is 40.0 Å². The lowest BCUT2D eigenvalue weighted by Crippen LogP contribution is -2.39. The highest BCUT2D eigenvalue weighted by molar-refractivity contribution is 5.68. The molecule has 0 heterocycles. The first-order valence-electron chi connectivity index (χ1n) is 6.71. The summed E-state index contributed by atoms with van der Waals surface area (Å²) in [5.41, 5.74) is -0.484. The summed E-state index contributed by atoms with van der Waals surface area (Å²) in [7, 11) is 0. The molecule has 3 N–H and O–H groups in total. The molecular weight excluding hydrogens is 248 g/mol.